The fraction of sp³-hybridized carbons (Fsp3) is 0.818. The maximum absolute atomic E-state index is 2.33. The molecule has 0 aromatic carbocycles. The molecule has 0 aromatic rings. The molecule has 0 aliphatic rings. The molecule has 72 valence electrons. The molecule has 0 radical (unpaired) electrons. The Balaban J connectivity index is 2.81. The van der Waals surface area contributed by atoms with Crippen molar-refractivity contribution in [3.8, 4) is 0 Å². The highest BCUT2D eigenvalue weighted by Crippen LogP contribution is 2.08. The van der Waals surface area contributed by atoms with Crippen molar-refractivity contribution in [2.45, 2.75) is 58.3 Å². The van der Waals surface area contributed by atoms with Crippen LogP contribution < -0.4 is 0 Å². The average molecular weight is 184 g/mol. The topological polar surface area (TPSA) is 0 Å². The van der Waals surface area contributed by atoms with Crippen LogP contribution in [0.5, 0.6) is 0 Å². The number of hydrogen-bond donors (Lipinski definition) is 0. The lowest BCUT2D eigenvalue weighted by Crippen LogP contribution is -1.78. The first-order chi connectivity index (χ1) is 5.91. The molecule has 0 saturated heterocycles. The fourth-order valence-corrected chi connectivity index (χ4v) is 1.72. The maximum Gasteiger partial charge on any atom is 0.0287 e. The molecule has 0 N–H and O–H groups in total. The van der Waals surface area contributed by atoms with Gasteiger partial charge in [-0.15, -0.1) is 5.70 Å². The van der Waals surface area contributed by atoms with E-state index in [4.69, 9.17) is 0 Å². The number of hydrogen-bond acceptors (Lipinski definition) is 0. The molecule has 12 heavy (non-hydrogen) atoms. The van der Waals surface area contributed by atoms with E-state index < -0.39 is 0 Å². The predicted molar refractivity (Wildman–Crippen MR) is 61.7 cm³/mol. The first-order valence-electron chi connectivity index (χ1n) is 5.53. The maximum atomic E-state index is 2.33. The molecule has 0 saturated carbocycles. The van der Waals surface area contributed by atoms with Gasteiger partial charge in [-0.2, -0.15) is 0 Å². The van der Waals surface area contributed by atoms with E-state index in [2.05, 4.69) is 18.7 Å². The van der Waals surface area contributed by atoms with E-state index in [1.54, 1.807) is 0 Å². The van der Waals surface area contributed by atoms with Gasteiger partial charge in [0, 0.05) is 10.2 Å². The Morgan fingerprint density at radius 1 is 0.917 bits per heavy atom. The lowest BCUT2D eigenvalue weighted by molar-refractivity contribution is 0.592. The summed E-state index contributed by atoms with van der Waals surface area (Å²) < 4.78 is 0. The highest BCUT2D eigenvalue weighted by molar-refractivity contribution is 6.16. The van der Waals surface area contributed by atoms with Gasteiger partial charge < -0.3 is 0 Å². The minimum absolute atomic E-state index is 1.23. The van der Waals surface area contributed by atoms with Gasteiger partial charge in [-0.1, -0.05) is 51.5 Å². The van der Waals surface area contributed by atoms with Crippen molar-refractivity contribution in [1.29, 1.82) is 0 Å². The van der Waals surface area contributed by atoms with Crippen LogP contribution in [0.4, 0.5) is 0 Å². The zero-order valence-electron chi connectivity index (χ0n) is 8.81. The summed E-state index contributed by atoms with van der Waals surface area (Å²) in [6, 6.07) is 0. The monoisotopic (exact) mass is 184 g/mol. The van der Waals surface area contributed by atoms with E-state index in [9.17, 15) is 0 Å². The van der Waals surface area contributed by atoms with Crippen LogP contribution in [0.2, 0.25) is 0 Å². The van der Waals surface area contributed by atoms with Gasteiger partial charge in [0.25, 0.3) is 0 Å². The van der Waals surface area contributed by atoms with Crippen LogP contribution in [0.3, 0.4) is 0 Å². The second kappa shape index (κ2) is 11.0. The van der Waals surface area contributed by atoms with E-state index in [1.807, 2.05) is 0 Å². The molecule has 0 aliphatic carbocycles. The standard InChI is InChI=1S/C11H24Si/c1-2-3-4-5-6-7-8-9-10-11-12/h10-11H,2-9H2,1,12H3. The van der Waals surface area contributed by atoms with Crippen LogP contribution in [0.1, 0.15) is 58.3 Å². The highest BCUT2D eigenvalue weighted by Gasteiger charge is 1.88. The summed E-state index contributed by atoms with van der Waals surface area (Å²) in [5.74, 6) is 0. The summed E-state index contributed by atoms with van der Waals surface area (Å²) in [6.45, 7) is 2.27. The van der Waals surface area contributed by atoms with Gasteiger partial charge in [0.05, 0.1) is 0 Å². The highest BCUT2D eigenvalue weighted by atomic mass is 28.1. The van der Waals surface area contributed by atoms with E-state index >= 15 is 0 Å². The molecule has 0 amide bonds. The van der Waals surface area contributed by atoms with E-state index in [-0.39, 0.29) is 0 Å². The van der Waals surface area contributed by atoms with Crippen LogP contribution in [0, 0.1) is 0 Å². The van der Waals surface area contributed by atoms with E-state index in [1.165, 1.54) is 61.6 Å². The summed E-state index contributed by atoms with van der Waals surface area (Å²) in [7, 11) is 1.23. The quantitative estimate of drug-likeness (QED) is 0.402. The molecule has 0 bridgehead atoms. The molecule has 1 heteroatoms. The minimum Gasteiger partial charge on any atom is -0.109 e. The SMILES string of the molecule is CCCCCCCCCC=C[SiH3]. The largest absolute Gasteiger partial charge is 0.109 e. The molecule has 0 atom stereocenters. The Morgan fingerprint density at radius 3 is 2.08 bits per heavy atom. The third kappa shape index (κ3) is 9.96. The minimum atomic E-state index is 1.23. The Hall–Kier alpha value is -0.0431. The number of allylic oxidation sites excluding steroid dienone is 1. The van der Waals surface area contributed by atoms with E-state index in [0.717, 1.165) is 0 Å². The van der Waals surface area contributed by atoms with Gasteiger partial charge in [-0.25, -0.2) is 0 Å². The van der Waals surface area contributed by atoms with Gasteiger partial charge in [-0.05, 0) is 12.8 Å². The Kier molecular flexibility index (Phi) is 10.9. The smallest absolute Gasteiger partial charge is 0.0287 e. The lowest BCUT2D eigenvalue weighted by atomic mass is 10.1. The fourth-order valence-electron chi connectivity index (χ4n) is 1.39. The molecule has 0 heterocycles. The first-order valence-corrected chi connectivity index (χ1v) is 6.68. The van der Waals surface area contributed by atoms with Crippen molar-refractivity contribution in [1.82, 2.24) is 0 Å². The molecule has 0 unspecified atom stereocenters. The summed E-state index contributed by atoms with van der Waals surface area (Å²) in [6.07, 6.45) is 13.7. The van der Waals surface area contributed by atoms with Crippen molar-refractivity contribution in [3.05, 3.63) is 11.8 Å². The van der Waals surface area contributed by atoms with Crippen LogP contribution in [0.15, 0.2) is 11.8 Å². The molecular weight excluding hydrogens is 160 g/mol. The van der Waals surface area contributed by atoms with Crippen molar-refractivity contribution in [2.24, 2.45) is 0 Å². The normalized spacial score (nSPS) is 11.4. The van der Waals surface area contributed by atoms with E-state index in [0.29, 0.717) is 0 Å². The van der Waals surface area contributed by atoms with Gasteiger partial charge in [-0.3, -0.25) is 0 Å². The summed E-state index contributed by atoms with van der Waals surface area (Å²) in [5, 5.41) is 0. The Morgan fingerprint density at radius 2 is 1.50 bits per heavy atom. The molecule has 0 aliphatic heterocycles. The number of unbranched alkanes of at least 4 members (excludes halogenated alkanes) is 7. The summed E-state index contributed by atoms with van der Waals surface area (Å²) in [4.78, 5) is 0. The molecule has 0 nitrogen and oxygen atoms in total. The molecule has 0 aromatic heterocycles. The second-order valence-corrected chi connectivity index (χ2v) is 4.15. The van der Waals surface area contributed by atoms with Gasteiger partial charge >= 0.3 is 0 Å². The molecule has 0 fully saturated rings. The van der Waals surface area contributed by atoms with Gasteiger partial charge in [0.1, 0.15) is 0 Å². The van der Waals surface area contributed by atoms with Crippen LogP contribution in [-0.2, 0) is 0 Å². The van der Waals surface area contributed by atoms with Gasteiger partial charge in [0.15, 0.2) is 0 Å². The summed E-state index contributed by atoms with van der Waals surface area (Å²) >= 11 is 0. The third-order valence-electron chi connectivity index (χ3n) is 2.21. The zero-order valence-corrected chi connectivity index (χ0v) is 10.8. The van der Waals surface area contributed by atoms with Crippen molar-refractivity contribution in [2.75, 3.05) is 0 Å². The Labute approximate surface area is 80.9 Å². The van der Waals surface area contributed by atoms with Crippen LogP contribution in [0.25, 0.3) is 0 Å². The van der Waals surface area contributed by atoms with Crippen molar-refractivity contribution >= 4 is 10.2 Å². The lowest BCUT2D eigenvalue weighted by Gasteiger charge is -1.98. The average Bonchev–Trinajstić information content (AvgIpc) is 2.10. The predicted octanol–water partition coefficient (Wildman–Crippen LogP) is 3.01. The van der Waals surface area contributed by atoms with Crippen LogP contribution in [-0.4, -0.2) is 10.2 Å². The first kappa shape index (κ1) is 12.0. The van der Waals surface area contributed by atoms with Crippen molar-refractivity contribution in [3.63, 3.8) is 0 Å². The Bertz CT molecular complexity index is 97.2. The van der Waals surface area contributed by atoms with Crippen molar-refractivity contribution < 1.29 is 0 Å². The molecule has 0 rings (SSSR count). The third-order valence-corrected chi connectivity index (χ3v) is 2.68. The zero-order chi connectivity index (χ0) is 9.07. The number of rotatable bonds is 8. The second-order valence-electron chi connectivity index (χ2n) is 3.48. The molecular formula is C11H24Si. The summed E-state index contributed by atoms with van der Waals surface area (Å²) in [5.41, 5.74) is 2.29. The van der Waals surface area contributed by atoms with Crippen LogP contribution >= 0.6 is 0 Å². The van der Waals surface area contributed by atoms with Gasteiger partial charge in [0.2, 0.25) is 0 Å². The molecule has 0 spiro atoms.